The second kappa shape index (κ2) is 3.12. The molecule has 0 saturated carbocycles. The SMILES string of the molecule is O=C([O-])c1[nH]c(=O)[nH]c(=O)c1[N+](=O)[O-]. The Morgan fingerprint density at radius 3 is 2.29 bits per heavy atom. The van der Waals surface area contributed by atoms with Crippen molar-refractivity contribution in [2.45, 2.75) is 0 Å². The van der Waals surface area contributed by atoms with E-state index in [0.717, 1.165) is 0 Å². The number of hydrogen-bond donors (Lipinski definition) is 2. The molecule has 0 saturated heterocycles. The van der Waals surface area contributed by atoms with Crippen LogP contribution in [0.2, 0.25) is 0 Å². The Bertz CT molecular complexity index is 511. The number of aromatic amines is 2. The van der Waals surface area contributed by atoms with Crippen LogP contribution in [-0.2, 0) is 0 Å². The Balaban J connectivity index is 3.70. The zero-order valence-corrected chi connectivity index (χ0v) is 6.40. The smallest absolute Gasteiger partial charge is 0.359 e. The first-order chi connectivity index (χ1) is 6.43. The van der Waals surface area contributed by atoms with Crippen molar-refractivity contribution in [1.82, 2.24) is 9.97 Å². The van der Waals surface area contributed by atoms with Crippen LogP contribution in [0.5, 0.6) is 0 Å². The van der Waals surface area contributed by atoms with Gasteiger partial charge in [-0.2, -0.15) is 0 Å². The summed E-state index contributed by atoms with van der Waals surface area (Å²) < 4.78 is 0. The summed E-state index contributed by atoms with van der Waals surface area (Å²) in [5, 5.41) is 20.5. The molecule has 1 aromatic heterocycles. The van der Waals surface area contributed by atoms with Crippen LogP contribution in [0.1, 0.15) is 10.5 Å². The lowest BCUT2D eigenvalue weighted by molar-refractivity contribution is -0.387. The first-order valence-electron chi connectivity index (χ1n) is 3.16. The average Bonchev–Trinajstić information content (AvgIpc) is 2.01. The van der Waals surface area contributed by atoms with Gasteiger partial charge in [0.2, 0.25) is 0 Å². The van der Waals surface area contributed by atoms with Crippen molar-refractivity contribution in [2.24, 2.45) is 0 Å². The molecule has 0 aliphatic heterocycles. The molecule has 14 heavy (non-hydrogen) atoms. The quantitative estimate of drug-likeness (QED) is 0.392. The second-order valence-corrected chi connectivity index (χ2v) is 2.18. The van der Waals surface area contributed by atoms with E-state index in [9.17, 15) is 29.6 Å². The number of carbonyl (C=O) groups excluding carboxylic acids is 1. The molecule has 1 rings (SSSR count). The lowest BCUT2D eigenvalue weighted by atomic mass is 10.3. The molecular weight excluding hydrogens is 198 g/mol. The molecule has 0 aliphatic carbocycles. The van der Waals surface area contributed by atoms with E-state index in [2.05, 4.69) is 0 Å². The molecule has 0 bridgehead atoms. The largest absolute Gasteiger partial charge is 0.543 e. The van der Waals surface area contributed by atoms with Gasteiger partial charge in [-0.3, -0.25) is 24.9 Å². The van der Waals surface area contributed by atoms with E-state index in [1.807, 2.05) is 0 Å². The molecule has 2 N–H and O–H groups in total. The van der Waals surface area contributed by atoms with Gasteiger partial charge in [-0.05, 0) is 0 Å². The van der Waals surface area contributed by atoms with Gasteiger partial charge < -0.3 is 9.90 Å². The molecule has 1 heterocycles. The summed E-state index contributed by atoms with van der Waals surface area (Å²) in [5.74, 6) is -2.00. The molecule has 0 amide bonds. The van der Waals surface area contributed by atoms with Gasteiger partial charge in [0.1, 0.15) is 0 Å². The van der Waals surface area contributed by atoms with Gasteiger partial charge in [0, 0.05) is 0 Å². The van der Waals surface area contributed by atoms with Crippen molar-refractivity contribution in [3.05, 3.63) is 36.6 Å². The van der Waals surface area contributed by atoms with Gasteiger partial charge in [-0.1, -0.05) is 0 Å². The molecule has 0 atom stereocenters. The average molecular weight is 200 g/mol. The first-order valence-corrected chi connectivity index (χ1v) is 3.16. The predicted octanol–water partition coefficient (Wildman–Crippen LogP) is -2.67. The van der Waals surface area contributed by atoms with Crippen LogP contribution in [-0.4, -0.2) is 20.9 Å². The molecule has 1 aromatic rings. The molecule has 0 aliphatic rings. The minimum Gasteiger partial charge on any atom is -0.543 e. The maximum atomic E-state index is 10.8. The standard InChI is InChI=1S/C5H3N3O6/c9-3-2(8(13)14)1(4(10)11)6-5(12)7-3/h(H,10,11)(H2,6,7,9,12)/p-1. The molecule has 0 radical (unpaired) electrons. The van der Waals surface area contributed by atoms with Crippen molar-refractivity contribution in [3.63, 3.8) is 0 Å². The molecule has 9 nitrogen and oxygen atoms in total. The number of nitrogens with one attached hydrogen (secondary N) is 2. The van der Waals surface area contributed by atoms with E-state index in [4.69, 9.17) is 0 Å². The van der Waals surface area contributed by atoms with Gasteiger partial charge in [0.05, 0.1) is 10.9 Å². The highest BCUT2D eigenvalue weighted by atomic mass is 16.6. The number of nitro groups is 1. The highest BCUT2D eigenvalue weighted by Crippen LogP contribution is 2.05. The fraction of sp³-hybridized carbons (Fsp3) is 0. The van der Waals surface area contributed by atoms with E-state index in [1.165, 1.54) is 4.98 Å². The van der Waals surface area contributed by atoms with Gasteiger partial charge in [-0.25, -0.2) is 4.79 Å². The van der Waals surface area contributed by atoms with Gasteiger partial charge in [-0.15, -0.1) is 0 Å². The molecule has 0 unspecified atom stereocenters. The third-order valence-electron chi connectivity index (χ3n) is 1.30. The summed E-state index contributed by atoms with van der Waals surface area (Å²) in [7, 11) is 0. The van der Waals surface area contributed by atoms with Crippen molar-refractivity contribution < 1.29 is 14.8 Å². The summed E-state index contributed by atoms with van der Waals surface area (Å²) in [4.78, 5) is 43.8. The number of H-pyrrole nitrogens is 2. The highest BCUT2D eigenvalue weighted by molar-refractivity contribution is 5.87. The summed E-state index contributed by atoms with van der Waals surface area (Å²) in [6.07, 6.45) is 0. The van der Waals surface area contributed by atoms with Crippen LogP contribution in [0.15, 0.2) is 9.59 Å². The van der Waals surface area contributed by atoms with E-state index in [1.54, 1.807) is 4.98 Å². The Kier molecular flexibility index (Phi) is 2.15. The highest BCUT2D eigenvalue weighted by Gasteiger charge is 2.21. The number of carboxylic acids is 1. The second-order valence-electron chi connectivity index (χ2n) is 2.18. The van der Waals surface area contributed by atoms with Crippen molar-refractivity contribution in [1.29, 1.82) is 0 Å². The van der Waals surface area contributed by atoms with Crippen LogP contribution < -0.4 is 16.4 Å². The van der Waals surface area contributed by atoms with E-state index in [-0.39, 0.29) is 0 Å². The zero-order valence-electron chi connectivity index (χ0n) is 6.40. The Morgan fingerprint density at radius 2 is 1.86 bits per heavy atom. The molecular formula is C5H2N3O6-. The Morgan fingerprint density at radius 1 is 1.29 bits per heavy atom. The van der Waals surface area contributed by atoms with Gasteiger partial charge in [0.15, 0.2) is 5.69 Å². The molecule has 0 aromatic carbocycles. The van der Waals surface area contributed by atoms with E-state index < -0.39 is 33.5 Å². The third kappa shape index (κ3) is 1.50. The molecule has 0 spiro atoms. The molecule has 0 fully saturated rings. The minimum atomic E-state index is -2.00. The Hall–Kier alpha value is -2.45. The minimum absolute atomic E-state index is 1.15. The maximum absolute atomic E-state index is 10.8. The maximum Gasteiger partial charge on any atom is 0.359 e. The monoisotopic (exact) mass is 200 g/mol. The third-order valence-corrected chi connectivity index (χ3v) is 1.30. The summed E-state index contributed by atoms with van der Waals surface area (Å²) >= 11 is 0. The van der Waals surface area contributed by atoms with Crippen LogP contribution in [0.4, 0.5) is 5.69 Å². The number of carbonyl (C=O) groups is 1. The fourth-order valence-electron chi connectivity index (χ4n) is 0.802. The topological polar surface area (TPSA) is 149 Å². The van der Waals surface area contributed by atoms with Crippen LogP contribution >= 0.6 is 0 Å². The van der Waals surface area contributed by atoms with Crippen molar-refractivity contribution in [3.8, 4) is 0 Å². The Labute approximate surface area is 74.2 Å². The van der Waals surface area contributed by atoms with Crippen LogP contribution in [0.3, 0.4) is 0 Å². The normalized spacial score (nSPS) is 9.71. The number of aromatic carboxylic acids is 1. The van der Waals surface area contributed by atoms with Crippen molar-refractivity contribution in [2.75, 3.05) is 0 Å². The van der Waals surface area contributed by atoms with E-state index >= 15 is 0 Å². The van der Waals surface area contributed by atoms with E-state index in [0.29, 0.717) is 0 Å². The van der Waals surface area contributed by atoms with Gasteiger partial charge in [0.25, 0.3) is 0 Å². The summed E-state index contributed by atoms with van der Waals surface area (Å²) in [5.41, 5.74) is -4.95. The first kappa shape index (κ1) is 9.64. The number of hydrogen-bond acceptors (Lipinski definition) is 6. The lowest BCUT2D eigenvalue weighted by Gasteiger charge is -2.00. The summed E-state index contributed by atoms with van der Waals surface area (Å²) in [6.45, 7) is 0. The van der Waals surface area contributed by atoms with Crippen LogP contribution in [0.25, 0.3) is 0 Å². The summed E-state index contributed by atoms with van der Waals surface area (Å²) in [6, 6.07) is 0. The fourth-order valence-corrected chi connectivity index (χ4v) is 0.802. The van der Waals surface area contributed by atoms with Gasteiger partial charge >= 0.3 is 16.9 Å². The molecule has 74 valence electrons. The number of aromatic nitrogens is 2. The van der Waals surface area contributed by atoms with Crippen molar-refractivity contribution >= 4 is 11.7 Å². The molecule has 9 heteroatoms. The predicted molar refractivity (Wildman–Crippen MR) is 38.7 cm³/mol. The number of rotatable bonds is 2. The number of carboxylic acid groups (broad SMARTS) is 1. The lowest BCUT2D eigenvalue weighted by Crippen LogP contribution is -2.33. The zero-order chi connectivity index (χ0) is 10.9. The van der Waals surface area contributed by atoms with Crippen LogP contribution in [0, 0.1) is 10.1 Å². The number of nitrogens with zero attached hydrogens (tertiary/aromatic N) is 1.